The number of rotatable bonds is 4. The van der Waals surface area contributed by atoms with Crippen molar-refractivity contribution >= 4 is 22.9 Å². The Morgan fingerprint density at radius 2 is 2.33 bits per heavy atom. The van der Waals surface area contributed by atoms with Gasteiger partial charge in [-0.2, -0.15) is 11.3 Å². The van der Waals surface area contributed by atoms with E-state index < -0.39 is 0 Å². The molecule has 0 fully saturated rings. The lowest BCUT2D eigenvalue weighted by Gasteiger charge is -2.12. The fraction of sp³-hybridized carbons (Fsp3) is 0.231. The Bertz CT molecular complexity index is 508. The molecular formula is C13H15N3OS. The van der Waals surface area contributed by atoms with E-state index in [1.165, 1.54) is 11.8 Å². The molecule has 2 heterocycles. The molecule has 3 N–H and O–H groups in total. The smallest absolute Gasteiger partial charge is 0.270 e. The van der Waals surface area contributed by atoms with Crippen LogP contribution in [0.5, 0.6) is 0 Å². The maximum Gasteiger partial charge on any atom is 0.270 e. The Morgan fingerprint density at radius 1 is 1.50 bits per heavy atom. The van der Waals surface area contributed by atoms with Gasteiger partial charge in [0, 0.05) is 6.04 Å². The predicted octanol–water partition coefficient (Wildman–Crippen LogP) is 2.09. The van der Waals surface area contributed by atoms with Gasteiger partial charge in [-0.15, -0.1) is 0 Å². The first-order chi connectivity index (χ1) is 8.65. The lowest BCUT2D eigenvalue weighted by Crippen LogP contribution is -2.34. The molecule has 0 spiro atoms. The minimum Gasteiger partial charge on any atom is -0.397 e. The molecule has 2 rings (SSSR count). The average Bonchev–Trinajstić information content (AvgIpc) is 2.82. The first-order valence-corrected chi connectivity index (χ1v) is 6.63. The minimum absolute atomic E-state index is 0.0754. The summed E-state index contributed by atoms with van der Waals surface area (Å²) in [5.41, 5.74) is 7.70. The zero-order valence-electron chi connectivity index (χ0n) is 10.1. The molecule has 18 heavy (non-hydrogen) atoms. The first-order valence-electron chi connectivity index (χ1n) is 5.68. The quantitative estimate of drug-likeness (QED) is 0.885. The Morgan fingerprint density at radius 3 is 2.94 bits per heavy atom. The van der Waals surface area contributed by atoms with Crippen LogP contribution in [0.15, 0.2) is 35.2 Å². The van der Waals surface area contributed by atoms with Crippen molar-refractivity contribution in [3.05, 3.63) is 46.4 Å². The van der Waals surface area contributed by atoms with Gasteiger partial charge in [0.15, 0.2) is 0 Å². The van der Waals surface area contributed by atoms with Crippen molar-refractivity contribution in [3.8, 4) is 0 Å². The van der Waals surface area contributed by atoms with E-state index in [2.05, 4.69) is 21.7 Å². The molecule has 1 atom stereocenters. The minimum atomic E-state index is -0.169. The predicted molar refractivity (Wildman–Crippen MR) is 73.6 cm³/mol. The number of nitrogens with one attached hydrogen (secondary N) is 1. The molecule has 0 aliphatic carbocycles. The number of hydrogen-bond donors (Lipinski definition) is 2. The molecule has 0 bridgehead atoms. The van der Waals surface area contributed by atoms with Crippen LogP contribution in [0.1, 0.15) is 23.0 Å². The van der Waals surface area contributed by atoms with E-state index in [-0.39, 0.29) is 11.9 Å². The molecule has 94 valence electrons. The molecule has 2 aromatic heterocycles. The molecule has 0 saturated heterocycles. The standard InChI is InChI=1S/C13H15N3OS/c1-9(6-10-4-5-18-8-10)16-13(17)12-3-2-11(14)7-15-12/h2-5,7-9H,6,14H2,1H3,(H,16,17). The number of aromatic nitrogens is 1. The largest absolute Gasteiger partial charge is 0.397 e. The summed E-state index contributed by atoms with van der Waals surface area (Å²) in [5.74, 6) is -0.169. The molecule has 1 unspecified atom stereocenters. The second kappa shape index (κ2) is 5.64. The van der Waals surface area contributed by atoms with Crippen molar-refractivity contribution in [2.45, 2.75) is 19.4 Å². The Labute approximate surface area is 110 Å². The molecule has 0 radical (unpaired) electrons. The normalized spacial score (nSPS) is 12.1. The molecule has 0 aromatic carbocycles. The number of hydrogen-bond acceptors (Lipinski definition) is 4. The second-order valence-corrected chi connectivity index (χ2v) is 4.97. The highest BCUT2D eigenvalue weighted by Gasteiger charge is 2.11. The van der Waals surface area contributed by atoms with Crippen molar-refractivity contribution in [1.82, 2.24) is 10.3 Å². The maximum absolute atomic E-state index is 11.9. The average molecular weight is 261 g/mol. The summed E-state index contributed by atoms with van der Waals surface area (Å²) >= 11 is 1.66. The van der Waals surface area contributed by atoms with Crippen LogP contribution >= 0.6 is 11.3 Å². The summed E-state index contributed by atoms with van der Waals surface area (Å²) in [4.78, 5) is 15.9. The summed E-state index contributed by atoms with van der Waals surface area (Å²) in [6.07, 6.45) is 2.31. The Balaban J connectivity index is 1.92. The van der Waals surface area contributed by atoms with E-state index in [0.717, 1.165) is 6.42 Å². The van der Waals surface area contributed by atoms with Gasteiger partial charge in [-0.25, -0.2) is 4.98 Å². The fourth-order valence-corrected chi connectivity index (χ4v) is 2.33. The molecular weight excluding hydrogens is 246 g/mol. The summed E-state index contributed by atoms with van der Waals surface area (Å²) in [6.45, 7) is 1.98. The monoisotopic (exact) mass is 261 g/mol. The number of carbonyl (C=O) groups excluding carboxylic acids is 1. The summed E-state index contributed by atoms with van der Waals surface area (Å²) < 4.78 is 0. The molecule has 5 heteroatoms. The van der Waals surface area contributed by atoms with Gasteiger partial charge in [0.25, 0.3) is 5.91 Å². The van der Waals surface area contributed by atoms with Crippen LogP contribution in [0.3, 0.4) is 0 Å². The van der Waals surface area contributed by atoms with Crippen molar-refractivity contribution in [2.24, 2.45) is 0 Å². The van der Waals surface area contributed by atoms with E-state index in [0.29, 0.717) is 11.4 Å². The van der Waals surface area contributed by atoms with Gasteiger partial charge in [0.1, 0.15) is 5.69 Å². The fourth-order valence-electron chi connectivity index (χ4n) is 1.65. The number of nitrogen functional groups attached to an aromatic ring is 1. The second-order valence-electron chi connectivity index (χ2n) is 4.19. The molecule has 0 aliphatic rings. The Hall–Kier alpha value is -1.88. The highest BCUT2D eigenvalue weighted by atomic mass is 32.1. The van der Waals surface area contributed by atoms with Gasteiger partial charge in [-0.1, -0.05) is 0 Å². The summed E-state index contributed by atoms with van der Waals surface area (Å²) in [5, 5.41) is 7.04. The number of carbonyl (C=O) groups is 1. The van der Waals surface area contributed by atoms with Crippen molar-refractivity contribution in [1.29, 1.82) is 0 Å². The zero-order valence-corrected chi connectivity index (χ0v) is 10.9. The van der Waals surface area contributed by atoms with Crippen LogP contribution in [0.25, 0.3) is 0 Å². The van der Waals surface area contributed by atoms with E-state index in [9.17, 15) is 4.79 Å². The SMILES string of the molecule is CC(Cc1ccsc1)NC(=O)c1ccc(N)cn1. The van der Waals surface area contributed by atoms with E-state index in [1.807, 2.05) is 12.3 Å². The van der Waals surface area contributed by atoms with Crippen molar-refractivity contribution < 1.29 is 4.79 Å². The number of amides is 1. The number of pyridine rings is 1. The van der Waals surface area contributed by atoms with E-state index in [1.54, 1.807) is 23.5 Å². The molecule has 0 saturated carbocycles. The third-order valence-corrected chi connectivity index (χ3v) is 3.25. The van der Waals surface area contributed by atoms with Gasteiger partial charge in [0.2, 0.25) is 0 Å². The number of thiophene rings is 1. The van der Waals surface area contributed by atoms with Crippen LogP contribution in [0.2, 0.25) is 0 Å². The number of nitrogens with zero attached hydrogens (tertiary/aromatic N) is 1. The van der Waals surface area contributed by atoms with Gasteiger partial charge in [-0.3, -0.25) is 4.79 Å². The van der Waals surface area contributed by atoms with Crippen molar-refractivity contribution in [2.75, 3.05) is 5.73 Å². The van der Waals surface area contributed by atoms with Gasteiger partial charge in [-0.05, 0) is 47.9 Å². The number of nitrogens with two attached hydrogens (primary N) is 1. The highest BCUT2D eigenvalue weighted by Crippen LogP contribution is 2.09. The highest BCUT2D eigenvalue weighted by molar-refractivity contribution is 7.07. The summed E-state index contributed by atoms with van der Waals surface area (Å²) in [6, 6.07) is 5.44. The topological polar surface area (TPSA) is 68.0 Å². The zero-order chi connectivity index (χ0) is 13.0. The first kappa shape index (κ1) is 12.6. The van der Waals surface area contributed by atoms with Crippen molar-refractivity contribution in [3.63, 3.8) is 0 Å². The van der Waals surface area contributed by atoms with Crippen LogP contribution in [0, 0.1) is 0 Å². The lowest BCUT2D eigenvalue weighted by atomic mass is 10.1. The molecule has 4 nitrogen and oxygen atoms in total. The van der Waals surface area contributed by atoms with E-state index >= 15 is 0 Å². The van der Waals surface area contributed by atoms with Crippen LogP contribution in [-0.2, 0) is 6.42 Å². The molecule has 0 aliphatic heterocycles. The van der Waals surface area contributed by atoms with Crippen LogP contribution < -0.4 is 11.1 Å². The Kier molecular flexibility index (Phi) is 3.94. The molecule has 2 aromatic rings. The third-order valence-electron chi connectivity index (χ3n) is 2.52. The maximum atomic E-state index is 11.9. The third kappa shape index (κ3) is 3.30. The molecule has 1 amide bonds. The van der Waals surface area contributed by atoms with E-state index in [4.69, 9.17) is 5.73 Å². The lowest BCUT2D eigenvalue weighted by molar-refractivity contribution is 0.0935. The van der Waals surface area contributed by atoms with Crippen LogP contribution in [0.4, 0.5) is 5.69 Å². The van der Waals surface area contributed by atoms with Gasteiger partial charge in [0.05, 0.1) is 11.9 Å². The van der Waals surface area contributed by atoms with Crippen LogP contribution in [-0.4, -0.2) is 16.9 Å². The summed E-state index contributed by atoms with van der Waals surface area (Å²) in [7, 11) is 0. The van der Waals surface area contributed by atoms with Gasteiger partial charge < -0.3 is 11.1 Å². The number of anilines is 1. The van der Waals surface area contributed by atoms with Gasteiger partial charge >= 0.3 is 0 Å².